The fourth-order valence-electron chi connectivity index (χ4n) is 1.82. The van der Waals surface area contributed by atoms with E-state index in [1.807, 2.05) is 0 Å². The van der Waals surface area contributed by atoms with Crippen LogP contribution in [0.25, 0.3) is 0 Å². The summed E-state index contributed by atoms with van der Waals surface area (Å²) in [5.41, 5.74) is 0.651. The zero-order chi connectivity index (χ0) is 14.2. The van der Waals surface area contributed by atoms with Crippen molar-refractivity contribution in [2.24, 2.45) is 0 Å². The molecule has 2 rings (SSSR count). The van der Waals surface area contributed by atoms with E-state index in [-0.39, 0.29) is 11.1 Å². The summed E-state index contributed by atoms with van der Waals surface area (Å²) in [5, 5.41) is -1.09. The second-order valence-electron chi connectivity index (χ2n) is 4.21. The first-order chi connectivity index (χ1) is 8.88. The van der Waals surface area contributed by atoms with Gasteiger partial charge in [-0.25, -0.2) is 17.6 Å². The van der Waals surface area contributed by atoms with Crippen LogP contribution in [0.5, 0.6) is 0 Å². The van der Waals surface area contributed by atoms with Crippen LogP contribution in [-0.2, 0) is 0 Å². The third-order valence-corrected chi connectivity index (χ3v) is 3.16. The van der Waals surface area contributed by atoms with Crippen LogP contribution in [0.15, 0.2) is 30.3 Å². The molecular formula is C14H9ClF4. The summed E-state index contributed by atoms with van der Waals surface area (Å²) in [5.74, 6) is -3.99. The Labute approximate surface area is 112 Å². The first-order valence-electron chi connectivity index (χ1n) is 5.44. The molecule has 0 aliphatic carbocycles. The molecule has 0 radical (unpaired) electrons. The molecule has 2 aromatic carbocycles. The van der Waals surface area contributed by atoms with Gasteiger partial charge in [-0.15, -0.1) is 11.6 Å². The molecule has 0 saturated carbocycles. The van der Waals surface area contributed by atoms with Crippen molar-refractivity contribution in [3.05, 3.63) is 70.3 Å². The molecule has 0 saturated heterocycles. The fraction of sp³-hybridized carbons (Fsp3) is 0.143. The summed E-state index contributed by atoms with van der Waals surface area (Å²) < 4.78 is 52.8. The highest BCUT2D eigenvalue weighted by atomic mass is 35.5. The molecule has 0 spiro atoms. The zero-order valence-corrected chi connectivity index (χ0v) is 10.6. The predicted molar refractivity (Wildman–Crippen MR) is 65.1 cm³/mol. The third-order valence-electron chi connectivity index (χ3n) is 2.67. The van der Waals surface area contributed by atoms with Gasteiger partial charge >= 0.3 is 0 Å². The molecule has 0 bridgehead atoms. The Morgan fingerprint density at radius 2 is 1.47 bits per heavy atom. The van der Waals surface area contributed by atoms with E-state index in [1.54, 1.807) is 13.0 Å². The third kappa shape index (κ3) is 2.89. The summed E-state index contributed by atoms with van der Waals surface area (Å²) in [6.07, 6.45) is 0. The van der Waals surface area contributed by atoms with E-state index in [9.17, 15) is 17.6 Å². The van der Waals surface area contributed by atoms with Crippen molar-refractivity contribution in [1.82, 2.24) is 0 Å². The predicted octanol–water partition coefficient (Wildman–Crippen LogP) is 4.88. The number of hydrogen-bond acceptors (Lipinski definition) is 0. The average Bonchev–Trinajstić information content (AvgIpc) is 2.31. The topological polar surface area (TPSA) is 0 Å². The molecule has 5 heteroatoms. The second-order valence-corrected chi connectivity index (χ2v) is 4.65. The summed E-state index contributed by atoms with van der Waals surface area (Å²) >= 11 is 6.01. The van der Waals surface area contributed by atoms with Gasteiger partial charge in [0.2, 0.25) is 0 Å². The van der Waals surface area contributed by atoms with Crippen LogP contribution in [0.1, 0.15) is 22.1 Å². The van der Waals surface area contributed by atoms with E-state index in [2.05, 4.69) is 0 Å². The highest BCUT2D eigenvalue weighted by molar-refractivity contribution is 6.22. The Kier molecular flexibility index (Phi) is 3.80. The molecule has 0 heterocycles. The molecule has 19 heavy (non-hydrogen) atoms. The summed E-state index contributed by atoms with van der Waals surface area (Å²) in [6.45, 7) is 1.65. The Hall–Kier alpha value is -1.55. The van der Waals surface area contributed by atoms with Gasteiger partial charge in [0.15, 0.2) is 11.6 Å². The maximum Gasteiger partial charge on any atom is 0.161 e. The number of aryl methyl sites for hydroxylation is 1. The van der Waals surface area contributed by atoms with E-state index >= 15 is 0 Å². The Bertz CT molecular complexity index is 605. The normalized spacial score (nSPS) is 12.5. The van der Waals surface area contributed by atoms with Crippen LogP contribution in [0.4, 0.5) is 17.6 Å². The van der Waals surface area contributed by atoms with Crippen molar-refractivity contribution >= 4 is 11.6 Å². The van der Waals surface area contributed by atoms with Crippen molar-refractivity contribution < 1.29 is 17.6 Å². The zero-order valence-electron chi connectivity index (χ0n) is 9.85. The summed E-state index contributed by atoms with van der Waals surface area (Å²) in [4.78, 5) is 0. The first-order valence-corrected chi connectivity index (χ1v) is 5.87. The van der Waals surface area contributed by atoms with Crippen LogP contribution < -0.4 is 0 Å². The minimum Gasteiger partial charge on any atom is -0.207 e. The van der Waals surface area contributed by atoms with Crippen LogP contribution in [0.2, 0.25) is 0 Å². The molecule has 0 aliphatic rings. The molecule has 0 aromatic heterocycles. The standard InChI is InChI=1S/C14H9ClF4/c1-7-2-8(4-9(16)3-7)14(15)10-5-12(18)13(19)6-11(10)17/h2-6,14H,1H3. The molecular weight excluding hydrogens is 280 g/mol. The first kappa shape index (κ1) is 13.9. The second kappa shape index (κ2) is 5.21. The lowest BCUT2D eigenvalue weighted by Gasteiger charge is -2.13. The lowest BCUT2D eigenvalue weighted by atomic mass is 10.0. The van der Waals surface area contributed by atoms with E-state index in [4.69, 9.17) is 11.6 Å². The number of alkyl halides is 1. The molecule has 0 nitrogen and oxygen atoms in total. The average molecular weight is 289 g/mol. The highest BCUT2D eigenvalue weighted by Gasteiger charge is 2.19. The minimum absolute atomic E-state index is 0.231. The highest BCUT2D eigenvalue weighted by Crippen LogP contribution is 2.32. The van der Waals surface area contributed by atoms with Gasteiger partial charge in [-0.3, -0.25) is 0 Å². The van der Waals surface area contributed by atoms with Gasteiger partial charge in [0, 0.05) is 11.6 Å². The van der Waals surface area contributed by atoms with Crippen molar-refractivity contribution in [3.8, 4) is 0 Å². The molecule has 1 unspecified atom stereocenters. The lowest BCUT2D eigenvalue weighted by molar-refractivity contribution is 0.490. The van der Waals surface area contributed by atoms with E-state index in [0.29, 0.717) is 17.7 Å². The van der Waals surface area contributed by atoms with Crippen LogP contribution >= 0.6 is 11.6 Å². The van der Waals surface area contributed by atoms with Gasteiger partial charge in [0.05, 0.1) is 5.38 Å². The lowest BCUT2D eigenvalue weighted by Crippen LogP contribution is -2.01. The Morgan fingerprint density at radius 3 is 2.11 bits per heavy atom. The molecule has 0 aliphatic heterocycles. The number of benzene rings is 2. The molecule has 2 aromatic rings. The summed E-state index contributed by atoms with van der Waals surface area (Å²) in [6, 6.07) is 5.08. The number of rotatable bonds is 2. The maximum atomic E-state index is 13.6. The summed E-state index contributed by atoms with van der Waals surface area (Å²) in [7, 11) is 0. The quantitative estimate of drug-likeness (QED) is 0.420. The molecule has 100 valence electrons. The van der Waals surface area contributed by atoms with Crippen LogP contribution in [-0.4, -0.2) is 0 Å². The fourth-order valence-corrected chi connectivity index (χ4v) is 2.12. The maximum absolute atomic E-state index is 13.6. The minimum atomic E-state index is -1.29. The smallest absolute Gasteiger partial charge is 0.161 e. The van der Waals surface area contributed by atoms with Gasteiger partial charge in [0.1, 0.15) is 11.6 Å². The van der Waals surface area contributed by atoms with Crippen molar-refractivity contribution in [2.45, 2.75) is 12.3 Å². The monoisotopic (exact) mass is 288 g/mol. The SMILES string of the molecule is Cc1cc(F)cc(C(Cl)c2cc(F)c(F)cc2F)c1. The Morgan fingerprint density at radius 1 is 0.842 bits per heavy atom. The largest absolute Gasteiger partial charge is 0.207 e. The van der Waals surface area contributed by atoms with Gasteiger partial charge in [-0.2, -0.15) is 0 Å². The van der Waals surface area contributed by atoms with Crippen LogP contribution in [0, 0.1) is 30.2 Å². The van der Waals surface area contributed by atoms with Gasteiger partial charge in [-0.1, -0.05) is 6.07 Å². The van der Waals surface area contributed by atoms with Crippen molar-refractivity contribution in [2.75, 3.05) is 0 Å². The van der Waals surface area contributed by atoms with Crippen molar-refractivity contribution in [3.63, 3.8) is 0 Å². The number of halogens is 5. The molecule has 0 N–H and O–H groups in total. The number of hydrogen-bond donors (Lipinski definition) is 0. The molecule has 0 fully saturated rings. The van der Waals surface area contributed by atoms with Gasteiger partial charge in [0.25, 0.3) is 0 Å². The van der Waals surface area contributed by atoms with E-state index in [0.717, 1.165) is 6.07 Å². The van der Waals surface area contributed by atoms with E-state index in [1.165, 1.54) is 6.07 Å². The molecule has 0 amide bonds. The van der Waals surface area contributed by atoms with Gasteiger partial charge in [-0.05, 0) is 36.2 Å². The Balaban J connectivity index is 2.49. The van der Waals surface area contributed by atoms with E-state index < -0.39 is 28.6 Å². The van der Waals surface area contributed by atoms with Crippen LogP contribution in [0.3, 0.4) is 0 Å². The molecule has 1 atom stereocenters. The van der Waals surface area contributed by atoms with Crippen molar-refractivity contribution in [1.29, 1.82) is 0 Å². The van der Waals surface area contributed by atoms with Gasteiger partial charge < -0.3 is 0 Å².